The summed E-state index contributed by atoms with van der Waals surface area (Å²) in [4.78, 5) is 25.4. The van der Waals surface area contributed by atoms with Crippen LogP contribution in [-0.2, 0) is 11.2 Å². The van der Waals surface area contributed by atoms with Crippen LogP contribution in [-0.4, -0.2) is 24.5 Å². The molecule has 5 nitrogen and oxygen atoms in total. The van der Waals surface area contributed by atoms with Gasteiger partial charge >= 0.3 is 0 Å². The Morgan fingerprint density at radius 1 is 1.03 bits per heavy atom. The number of aryl methyl sites for hydroxylation is 1. The molecule has 2 aromatic rings. The number of ether oxygens (including phenoxy) is 1. The number of rotatable bonds is 4. The maximum atomic E-state index is 12.8. The molecule has 0 radical (unpaired) electrons. The van der Waals surface area contributed by atoms with Crippen LogP contribution in [0.2, 0.25) is 0 Å². The smallest absolute Gasteiger partial charge is 0.255 e. The van der Waals surface area contributed by atoms with E-state index in [0.29, 0.717) is 24.3 Å². The Labute approximate surface area is 178 Å². The topological polar surface area (TPSA) is 67.4 Å². The molecule has 2 amide bonds. The first-order valence-electron chi connectivity index (χ1n) is 10.9. The molecule has 2 aromatic carbocycles. The maximum Gasteiger partial charge on any atom is 0.255 e. The fourth-order valence-corrected chi connectivity index (χ4v) is 4.39. The lowest BCUT2D eigenvalue weighted by Crippen LogP contribution is -2.43. The minimum Gasteiger partial charge on any atom is -0.492 e. The van der Waals surface area contributed by atoms with Gasteiger partial charge in [0.25, 0.3) is 5.91 Å². The molecule has 2 aliphatic rings. The lowest BCUT2D eigenvalue weighted by molar-refractivity contribution is -0.127. The lowest BCUT2D eigenvalue weighted by Gasteiger charge is -2.30. The molecule has 4 rings (SSSR count). The zero-order valence-corrected chi connectivity index (χ0v) is 17.7. The quantitative estimate of drug-likeness (QED) is 0.786. The van der Waals surface area contributed by atoms with Gasteiger partial charge in [-0.3, -0.25) is 9.59 Å². The van der Waals surface area contributed by atoms with Gasteiger partial charge in [0.05, 0.1) is 5.92 Å². The molecule has 1 saturated carbocycles. The molecule has 30 heavy (non-hydrogen) atoms. The highest BCUT2D eigenvalue weighted by atomic mass is 16.5. The van der Waals surface area contributed by atoms with Crippen molar-refractivity contribution in [3.05, 3.63) is 59.2 Å². The lowest BCUT2D eigenvalue weighted by atomic mass is 9.87. The maximum absolute atomic E-state index is 12.8. The third-order valence-electron chi connectivity index (χ3n) is 6.35. The van der Waals surface area contributed by atoms with Gasteiger partial charge in [-0.1, -0.05) is 25.1 Å². The van der Waals surface area contributed by atoms with E-state index in [-0.39, 0.29) is 23.8 Å². The van der Waals surface area contributed by atoms with Gasteiger partial charge in [0.1, 0.15) is 12.4 Å². The second-order valence-electron chi connectivity index (χ2n) is 8.77. The summed E-state index contributed by atoms with van der Waals surface area (Å²) in [5, 5.41) is 6.19. The average Bonchev–Trinajstić information content (AvgIpc) is 2.75. The minimum atomic E-state index is -0.195. The van der Waals surface area contributed by atoms with Crippen LogP contribution in [0.3, 0.4) is 0 Å². The van der Waals surface area contributed by atoms with Crippen LogP contribution in [0, 0.1) is 18.8 Å². The van der Waals surface area contributed by atoms with Gasteiger partial charge in [-0.25, -0.2) is 0 Å². The van der Waals surface area contributed by atoms with Crippen LogP contribution >= 0.6 is 0 Å². The minimum absolute atomic E-state index is 0.0783. The number of hydrogen-bond donors (Lipinski definition) is 2. The van der Waals surface area contributed by atoms with E-state index in [2.05, 4.69) is 17.6 Å². The fraction of sp³-hybridized carbons (Fsp3) is 0.440. The van der Waals surface area contributed by atoms with Gasteiger partial charge < -0.3 is 15.4 Å². The predicted molar refractivity (Wildman–Crippen MR) is 118 cm³/mol. The zero-order valence-electron chi connectivity index (χ0n) is 17.7. The van der Waals surface area contributed by atoms with E-state index in [0.717, 1.165) is 35.6 Å². The van der Waals surface area contributed by atoms with E-state index < -0.39 is 0 Å². The van der Waals surface area contributed by atoms with Crippen molar-refractivity contribution in [2.75, 3.05) is 11.9 Å². The molecule has 0 spiro atoms. The van der Waals surface area contributed by atoms with Crippen molar-refractivity contribution >= 4 is 17.5 Å². The van der Waals surface area contributed by atoms with E-state index >= 15 is 0 Å². The van der Waals surface area contributed by atoms with E-state index in [1.807, 2.05) is 49.4 Å². The Morgan fingerprint density at radius 2 is 1.80 bits per heavy atom. The van der Waals surface area contributed by atoms with Gasteiger partial charge in [0.15, 0.2) is 0 Å². The van der Waals surface area contributed by atoms with Crippen LogP contribution in [0.4, 0.5) is 5.69 Å². The first-order chi connectivity index (χ1) is 14.5. The van der Waals surface area contributed by atoms with Gasteiger partial charge in [-0.2, -0.15) is 0 Å². The van der Waals surface area contributed by atoms with E-state index in [1.54, 1.807) is 0 Å². The summed E-state index contributed by atoms with van der Waals surface area (Å²) in [6.07, 6.45) is 5.11. The van der Waals surface area contributed by atoms with Crippen molar-refractivity contribution in [3.63, 3.8) is 0 Å². The molecule has 2 N–H and O–H groups in total. The molecule has 1 fully saturated rings. The molecule has 0 aromatic heterocycles. The molecule has 1 atom stereocenters. The van der Waals surface area contributed by atoms with Gasteiger partial charge in [-0.05, 0) is 80.3 Å². The van der Waals surface area contributed by atoms with Crippen molar-refractivity contribution in [2.24, 2.45) is 11.8 Å². The summed E-state index contributed by atoms with van der Waals surface area (Å²) in [5.41, 5.74) is 3.27. The zero-order chi connectivity index (χ0) is 21.1. The molecule has 0 saturated heterocycles. The van der Waals surface area contributed by atoms with Crippen LogP contribution in [0.5, 0.6) is 5.75 Å². The Morgan fingerprint density at radius 3 is 2.57 bits per heavy atom. The third-order valence-corrected chi connectivity index (χ3v) is 6.35. The van der Waals surface area contributed by atoms with E-state index in [4.69, 9.17) is 4.74 Å². The van der Waals surface area contributed by atoms with Gasteiger partial charge in [0, 0.05) is 17.3 Å². The fourth-order valence-electron chi connectivity index (χ4n) is 4.39. The second-order valence-corrected chi connectivity index (χ2v) is 8.77. The Hall–Kier alpha value is -2.82. The number of carbonyl (C=O) groups excluding carboxylic acids is 2. The summed E-state index contributed by atoms with van der Waals surface area (Å²) >= 11 is 0. The molecule has 5 heteroatoms. The normalized spacial score (nSPS) is 23.1. The standard InChI is InChI=1S/C25H30N2O3/c1-16-7-9-20(10-8-16)26-24(28)19-13-18-14-21(11-12-23(18)30-15-19)27-25(29)22-6-4-3-5-17(22)2/h3-6,11-12,14,16,19-20H,7-10,13,15H2,1-2H3,(H,26,28)(H,27,29)/t16?,19-,20?/m1/s1. The van der Waals surface area contributed by atoms with Crippen LogP contribution in [0.25, 0.3) is 0 Å². The number of hydrogen-bond acceptors (Lipinski definition) is 3. The number of amides is 2. The Balaban J connectivity index is 1.40. The van der Waals surface area contributed by atoms with Crippen molar-refractivity contribution < 1.29 is 14.3 Å². The highest BCUT2D eigenvalue weighted by Crippen LogP contribution is 2.31. The molecule has 1 heterocycles. The summed E-state index contributed by atoms with van der Waals surface area (Å²) < 4.78 is 5.85. The van der Waals surface area contributed by atoms with Gasteiger partial charge in [0.2, 0.25) is 5.91 Å². The monoisotopic (exact) mass is 406 g/mol. The highest BCUT2D eigenvalue weighted by Gasteiger charge is 2.29. The number of nitrogens with one attached hydrogen (secondary N) is 2. The summed E-state index contributed by atoms with van der Waals surface area (Å²) in [6.45, 7) is 4.60. The van der Waals surface area contributed by atoms with Gasteiger partial charge in [-0.15, -0.1) is 0 Å². The number of anilines is 1. The summed E-state index contributed by atoms with van der Waals surface area (Å²) in [6, 6.07) is 13.4. The molecular formula is C25H30N2O3. The average molecular weight is 407 g/mol. The third kappa shape index (κ3) is 4.66. The van der Waals surface area contributed by atoms with Crippen LogP contribution in [0.1, 0.15) is 54.1 Å². The number of carbonyl (C=O) groups is 2. The Kier molecular flexibility index (Phi) is 6.07. The first-order valence-corrected chi connectivity index (χ1v) is 10.9. The van der Waals surface area contributed by atoms with Crippen molar-refractivity contribution in [2.45, 2.75) is 52.0 Å². The first kappa shape index (κ1) is 20.5. The Bertz CT molecular complexity index is 932. The van der Waals surface area contributed by atoms with Crippen molar-refractivity contribution in [3.8, 4) is 5.75 Å². The second kappa shape index (κ2) is 8.90. The van der Waals surface area contributed by atoms with E-state index in [9.17, 15) is 9.59 Å². The van der Waals surface area contributed by atoms with Crippen LogP contribution < -0.4 is 15.4 Å². The van der Waals surface area contributed by atoms with Crippen molar-refractivity contribution in [1.82, 2.24) is 5.32 Å². The van der Waals surface area contributed by atoms with Crippen LogP contribution in [0.15, 0.2) is 42.5 Å². The predicted octanol–water partition coefficient (Wildman–Crippen LogP) is 4.49. The number of fused-ring (bicyclic) bond motifs is 1. The highest BCUT2D eigenvalue weighted by molar-refractivity contribution is 6.05. The SMILES string of the molecule is Cc1ccccc1C(=O)Nc1ccc2c(c1)C[C@@H](C(=O)NC1CCC(C)CC1)CO2. The number of benzene rings is 2. The molecular weight excluding hydrogens is 376 g/mol. The molecule has 0 bridgehead atoms. The molecule has 158 valence electrons. The summed E-state index contributed by atoms with van der Waals surface area (Å²) in [7, 11) is 0. The van der Waals surface area contributed by atoms with Crippen molar-refractivity contribution in [1.29, 1.82) is 0 Å². The molecule has 0 unspecified atom stereocenters. The van der Waals surface area contributed by atoms with E-state index in [1.165, 1.54) is 12.8 Å². The molecule has 1 aliphatic carbocycles. The largest absolute Gasteiger partial charge is 0.492 e. The summed E-state index contributed by atoms with van der Waals surface area (Å²) in [5.74, 6) is 1.30. The molecule has 1 aliphatic heterocycles.